The van der Waals surface area contributed by atoms with Crippen molar-refractivity contribution in [3.8, 4) is 55.6 Å². The molecule has 0 saturated heterocycles. The van der Waals surface area contributed by atoms with Crippen LogP contribution in [0.2, 0.25) is 0 Å². The molecule has 0 N–H and O–H groups in total. The first-order valence-corrected chi connectivity index (χ1v) is 23.1. The predicted molar refractivity (Wildman–Crippen MR) is 273 cm³/mol. The van der Waals surface area contributed by atoms with Crippen molar-refractivity contribution in [2.45, 2.75) is 24.7 Å². The normalized spacial score (nSPS) is 14.2. The van der Waals surface area contributed by atoms with E-state index in [-0.39, 0.29) is 5.41 Å². The monoisotopic (exact) mass is 841 g/mol. The maximum absolute atomic E-state index is 6.91. The first kappa shape index (κ1) is 37.2. The second kappa shape index (κ2) is 13.7. The Balaban J connectivity index is 1.07. The van der Waals surface area contributed by atoms with Crippen LogP contribution in [-0.4, -0.2) is 0 Å². The number of anilines is 3. The van der Waals surface area contributed by atoms with Crippen LogP contribution in [0, 0.1) is 0 Å². The fourth-order valence-corrected chi connectivity index (χ4v) is 12.2. The average molecular weight is 842 g/mol. The number of benzene rings is 10. The van der Waals surface area contributed by atoms with Crippen molar-refractivity contribution in [2.75, 3.05) is 4.90 Å². The van der Waals surface area contributed by atoms with Gasteiger partial charge in [0, 0.05) is 38.8 Å². The Morgan fingerprint density at radius 2 is 0.833 bits per heavy atom. The molecular weight excluding hydrogens is 799 g/mol. The summed E-state index contributed by atoms with van der Waals surface area (Å²) in [6.45, 7) is 4.74. The molecule has 10 aromatic carbocycles. The number of rotatable bonds is 5. The SMILES string of the molecule is CC1(C)c2ccccc2-c2ccc(N(c3ccc(-c4ccccc4)cc3)c3ccc4c(c3)C3(c5ccccc5-c5ccccc53)c3cc5oc6ccccc6c5c(-c5ccccc5)c3-4)cc21. The van der Waals surface area contributed by atoms with Gasteiger partial charge in [-0.2, -0.15) is 0 Å². The summed E-state index contributed by atoms with van der Waals surface area (Å²) in [7, 11) is 0. The molecule has 0 unspecified atom stereocenters. The third kappa shape index (κ3) is 4.96. The quantitative estimate of drug-likeness (QED) is 0.172. The van der Waals surface area contributed by atoms with E-state index in [1.54, 1.807) is 0 Å². The van der Waals surface area contributed by atoms with E-state index >= 15 is 0 Å². The molecule has 0 atom stereocenters. The Morgan fingerprint density at radius 3 is 1.52 bits per heavy atom. The lowest BCUT2D eigenvalue weighted by Gasteiger charge is -2.32. The van der Waals surface area contributed by atoms with Crippen molar-refractivity contribution in [3.63, 3.8) is 0 Å². The van der Waals surface area contributed by atoms with E-state index in [2.05, 4.69) is 243 Å². The zero-order chi connectivity index (χ0) is 43.7. The lowest BCUT2D eigenvalue weighted by molar-refractivity contribution is 0.660. The van der Waals surface area contributed by atoms with Crippen molar-refractivity contribution >= 4 is 39.0 Å². The predicted octanol–water partition coefficient (Wildman–Crippen LogP) is 17.0. The highest BCUT2D eigenvalue weighted by Crippen LogP contribution is 2.66. The Hall–Kier alpha value is -8.20. The van der Waals surface area contributed by atoms with Crippen molar-refractivity contribution in [3.05, 3.63) is 258 Å². The zero-order valence-electron chi connectivity index (χ0n) is 36.7. The van der Waals surface area contributed by atoms with Crippen LogP contribution < -0.4 is 4.90 Å². The van der Waals surface area contributed by atoms with Gasteiger partial charge in [-0.1, -0.05) is 190 Å². The third-order valence-corrected chi connectivity index (χ3v) is 15.1. The zero-order valence-corrected chi connectivity index (χ0v) is 36.7. The van der Waals surface area contributed by atoms with Crippen molar-refractivity contribution in [1.82, 2.24) is 0 Å². The van der Waals surface area contributed by atoms with E-state index < -0.39 is 5.41 Å². The summed E-state index contributed by atoms with van der Waals surface area (Å²) in [6.07, 6.45) is 0. The van der Waals surface area contributed by atoms with Crippen LogP contribution in [-0.2, 0) is 10.8 Å². The van der Waals surface area contributed by atoms with Gasteiger partial charge < -0.3 is 9.32 Å². The highest BCUT2D eigenvalue weighted by Gasteiger charge is 2.53. The molecule has 3 aliphatic carbocycles. The van der Waals surface area contributed by atoms with E-state index in [1.807, 2.05) is 0 Å². The van der Waals surface area contributed by atoms with Gasteiger partial charge in [0.1, 0.15) is 11.2 Å². The molecule has 0 amide bonds. The van der Waals surface area contributed by atoms with E-state index in [0.29, 0.717) is 0 Å². The Labute approximate surface area is 384 Å². The van der Waals surface area contributed by atoms with Gasteiger partial charge in [0.25, 0.3) is 0 Å². The molecule has 0 fully saturated rings. The second-order valence-electron chi connectivity index (χ2n) is 18.7. The molecule has 0 radical (unpaired) electrons. The van der Waals surface area contributed by atoms with Crippen LogP contribution in [0.5, 0.6) is 0 Å². The topological polar surface area (TPSA) is 16.4 Å². The number of hydrogen-bond acceptors (Lipinski definition) is 2. The van der Waals surface area contributed by atoms with Crippen LogP contribution >= 0.6 is 0 Å². The highest BCUT2D eigenvalue weighted by atomic mass is 16.3. The molecule has 1 spiro atoms. The summed E-state index contributed by atoms with van der Waals surface area (Å²) in [6, 6.07) is 83.2. The number of hydrogen-bond donors (Lipinski definition) is 0. The summed E-state index contributed by atoms with van der Waals surface area (Å²) >= 11 is 0. The number of nitrogens with zero attached hydrogens (tertiary/aromatic N) is 1. The van der Waals surface area contributed by atoms with E-state index in [0.717, 1.165) is 39.0 Å². The molecule has 66 heavy (non-hydrogen) atoms. The minimum absolute atomic E-state index is 0.152. The van der Waals surface area contributed by atoms with Crippen LogP contribution in [0.4, 0.5) is 17.1 Å². The average Bonchev–Trinajstić information content (AvgIpc) is 4.06. The first-order chi connectivity index (χ1) is 32.5. The fourth-order valence-electron chi connectivity index (χ4n) is 12.2. The molecule has 11 aromatic rings. The van der Waals surface area contributed by atoms with Crippen LogP contribution in [0.25, 0.3) is 77.6 Å². The maximum atomic E-state index is 6.91. The lowest BCUT2D eigenvalue weighted by Crippen LogP contribution is -2.26. The summed E-state index contributed by atoms with van der Waals surface area (Å²) < 4.78 is 6.91. The Morgan fingerprint density at radius 1 is 0.333 bits per heavy atom. The number of fused-ring (bicyclic) bond motifs is 16. The molecular formula is C64H43NO. The molecule has 0 bridgehead atoms. The summed E-state index contributed by atoms with van der Waals surface area (Å²) in [4.78, 5) is 2.48. The smallest absolute Gasteiger partial charge is 0.136 e. The fraction of sp³-hybridized carbons (Fsp3) is 0.0625. The minimum Gasteiger partial charge on any atom is -0.456 e. The van der Waals surface area contributed by atoms with Gasteiger partial charge in [0.2, 0.25) is 0 Å². The molecule has 2 heteroatoms. The first-order valence-electron chi connectivity index (χ1n) is 23.1. The largest absolute Gasteiger partial charge is 0.456 e. The Bertz CT molecular complexity index is 3740. The molecule has 1 aromatic heterocycles. The molecule has 14 rings (SSSR count). The van der Waals surface area contributed by atoms with Gasteiger partial charge >= 0.3 is 0 Å². The van der Waals surface area contributed by atoms with E-state index in [1.165, 1.54) is 89.0 Å². The van der Waals surface area contributed by atoms with Gasteiger partial charge in [-0.25, -0.2) is 0 Å². The van der Waals surface area contributed by atoms with Gasteiger partial charge in [0.15, 0.2) is 0 Å². The maximum Gasteiger partial charge on any atom is 0.136 e. The molecule has 1 heterocycles. The van der Waals surface area contributed by atoms with Crippen molar-refractivity contribution in [2.24, 2.45) is 0 Å². The molecule has 310 valence electrons. The summed E-state index contributed by atoms with van der Waals surface area (Å²) in [5.41, 5.74) is 24.7. The number of para-hydroxylation sites is 1. The van der Waals surface area contributed by atoms with Crippen molar-refractivity contribution < 1.29 is 4.42 Å². The molecule has 2 nitrogen and oxygen atoms in total. The van der Waals surface area contributed by atoms with Gasteiger partial charge in [0.05, 0.1) is 5.41 Å². The van der Waals surface area contributed by atoms with Crippen LogP contribution in [0.1, 0.15) is 47.2 Å². The van der Waals surface area contributed by atoms with E-state index in [4.69, 9.17) is 4.42 Å². The number of furan rings is 1. The van der Waals surface area contributed by atoms with Gasteiger partial charge in [-0.05, 0) is 132 Å². The minimum atomic E-state index is -0.616. The summed E-state index contributed by atoms with van der Waals surface area (Å²) in [5, 5.41) is 2.29. The third-order valence-electron chi connectivity index (χ3n) is 15.1. The summed E-state index contributed by atoms with van der Waals surface area (Å²) in [5.74, 6) is 0. The molecule has 0 aliphatic heterocycles. The standard InChI is InChI=1S/C64H43NO/c1-63(2)52-25-13-9-21-46(52)49-35-33-44(37-55(49)63)65(43-31-29-41(30-32-43)40-17-5-3-6-18-40)45-34-36-50-56(38-45)64(53-26-14-10-22-47(53)48-23-11-15-27-54(48)64)57-39-59-62(51-24-12-16-28-58(51)66-59)60(61(50)57)42-19-7-4-8-20-42/h3-39H,1-2H3. The molecule has 3 aliphatic rings. The van der Waals surface area contributed by atoms with Crippen LogP contribution in [0.3, 0.4) is 0 Å². The lowest BCUT2D eigenvalue weighted by atomic mass is 9.70. The van der Waals surface area contributed by atoms with E-state index in [9.17, 15) is 0 Å². The Kier molecular flexibility index (Phi) is 7.70. The van der Waals surface area contributed by atoms with Crippen LogP contribution in [0.15, 0.2) is 229 Å². The second-order valence-corrected chi connectivity index (χ2v) is 18.7. The van der Waals surface area contributed by atoms with Gasteiger partial charge in [-0.15, -0.1) is 0 Å². The van der Waals surface area contributed by atoms with Gasteiger partial charge in [-0.3, -0.25) is 0 Å². The molecule has 0 saturated carbocycles. The van der Waals surface area contributed by atoms with Crippen molar-refractivity contribution in [1.29, 1.82) is 0 Å². The highest BCUT2D eigenvalue weighted by molar-refractivity contribution is 6.18.